The van der Waals surface area contributed by atoms with Crippen LogP contribution >= 0.6 is 0 Å². The molecule has 0 radical (unpaired) electrons. The normalized spacial score (nSPS) is 15.7. The Morgan fingerprint density at radius 2 is 1.73 bits per heavy atom. The van der Waals surface area contributed by atoms with Crippen LogP contribution in [0.2, 0.25) is 0 Å². The zero-order valence-electron chi connectivity index (χ0n) is 18.6. The Kier molecular flexibility index (Phi) is 7.11. The smallest absolute Gasteiger partial charge is 0.236 e. The number of hydrogen-bond donors (Lipinski definition) is 0. The molecule has 0 N–H and O–H groups in total. The van der Waals surface area contributed by atoms with Gasteiger partial charge in [-0.25, -0.2) is 8.42 Å². The van der Waals surface area contributed by atoms with E-state index >= 15 is 0 Å². The average Bonchev–Trinajstić information content (AvgIpc) is 3.36. The van der Waals surface area contributed by atoms with Gasteiger partial charge in [0.2, 0.25) is 15.9 Å². The summed E-state index contributed by atoms with van der Waals surface area (Å²) in [6, 6.07) is 20.8. The topological polar surface area (TPSA) is 70.8 Å². The first kappa shape index (κ1) is 23.0. The molecule has 4 rings (SSSR count). The van der Waals surface area contributed by atoms with Gasteiger partial charge in [-0.15, -0.1) is 0 Å². The number of aryl methyl sites for hydroxylation is 1. The van der Waals surface area contributed by atoms with Crippen LogP contribution in [0.1, 0.15) is 29.7 Å². The lowest BCUT2D eigenvalue weighted by atomic mass is 9.96. The van der Waals surface area contributed by atoms with Gasteiger partial charge in [-0.3, -0.25) is 4.79 Å². The van der Waals surface area contributed by atoms with Gasteiger partial charge in [-0.1, -0.05) is 48.0 Å². The first-order chi connectivity index (χ1) is 15.9. The van der Waals surface area contributed by atoms with Crippen molar-refractivity contribution < 1.29 is 17.6 Å². The van der Waals surface area contributed by atoms with Gasteiger partial charge in [0, 0.05) is 30.1 Å². The monoisotopic (exact) mass is 464 g/mol. The maximum Gasteiger partial charge on any atom is 0.236 e. The van der Waals surface area contributed by atoms with Crippen molar-refractivity contribution >= 4 is 27.7 Å². The zero-order chi connectivity index (χ0) is 23.3. The SMILES string of the molecule is Cc1ccc(N(Cc2ccco2)C(=O)C2CCN(S(=O)(=O)/C=C/c3ccccc3)CC2)cc1. The van der Waals surface area contributed by atoms with E-state index in [1.807, 2.05) is 67.6 Å². The molecule has 1 aromatic heterocycles. The van der Waals surface area contributed by atoms with E-state index in [9.17, 15) is 13.2 Å². The van der Waals surface area contributed by atoms with Gasteiger partial charge in [0.25, 0.3) is 0 Å². The van der Waals surface area contributed by atoms with Crippen molar-refractivity contribution in [2.24, 2.45) is 5.92 Å². The Labute approximate surface area is 195 Å². The minimum Gasteiger partial charge on any atom is -0.467 e. The van der Waals surface area contributed by atoms with Crippen molar-refractivity contribution in [2.45, 2.75) is 26.3 Å². The van der Waals surface area contributed by atoms with Crippen molar-refractivity contribution in [3.05, 3.63) is 95.3 Å². The number of carbonyl (C=O) groups is 1. The first-order valence-electron chi connectivity index (χ1n) is 11.1. The van der Waals surface area contributed by atoms with Crippen LogP contribution in [0.25, 0.3) is 6.08 Å². The maximum atomic E-state index is 13.5. The molecule has 1 fully saturated rings. The van der Waals surface area contributed by atoms with Crippen LogP contribution in [0.4, 0.5) is 5.69 Å². The van der Waals surface area contributed by atoms with Crippen LogP contribution < -0.4 is 4.90 Å². The van der Waals surface area contributed by atoms with Gasteiger partial charge in [0.1, 0.15) is 5.76 Å². The lowest BCUT2D eigenvalue weighted by Gasteiger charge is -2.33. The highest BCUT2D eigenvalue weighted by Gasteiger charge is 2.33. The number of furan rings is 1. The maximum absolute atomic E-state index is 13.5. The number of piperidine rings is 1. The summed E-state index contributed by atoms with van der Waals surface area (Å²) in [5, 5.41) is 1.25. The van der Waals surface area contributed by atoms with Gasteiger partial charge in [-0.05, 0) is 55.7 Å². The Morgan fingerprint density at radius 1 is 1.03 bits per heavy atom. The Bertz CT molecular complexity index is 1180. The Balaban J connectivity index is 1.44. The van der Waals surface area contributed by atoms with E-state index in [4.69, 9.17) is 4.42 Å². The summed E-state index contributed by atoms with van der Waals surface area (Å²) in [6.07, 6.45) is 4.17. The van der Waals surface area contributed by atoms with E-state index < -0.39 is 10.0 Å². The third-order valence-electron chi connectivity index (χ3n) is 5.90. The van der Waals surface area contributed by atoms with Crippen molar-refractivity contribution in [3.8, 4) is 0 Å². The molecule has 172 valence electrons. The number of nitrogens with zero attached hydrogens (tertiary/aromatic N) is 2. The number of carbonyl (C=O) groups excluding carboxylic acids is 1. The number of sulfonamides is 1. The summed E-state index contributed by atoms with van der Waals surface area (Å²) >= 11 is 0. The summed E-state index contributed by atoms with van der Waals surface area (Å²) in [5.41, 5.74) is 2.76. The van der Waals surface area contributed by atoms with Crippen LogP contribution in [0.3, 0.4) is 0 Å². The van der Waals surface area contributed by atoms with Gasteiger partial charge in [0.15, 0.2) is 0 Å². The lowest BCUT2D eigenvalue weighted by molar-refractivity contribution is -0.123. The van der Waals surface area contributed by atoms with E-state index in [1.165, 1.54) is 9.71 Å². The molecule has 1 aliphatic rings. The van der Waals surface area contributed by atoms with Crippen LogP contribution in [0.5, 0.6) is 0 Å². The van der Waals surface area contributed by atoms with E-state index in [0.29, 0.717) is 38.2 Å². The van der Waals surface area contributed by atoms with Crippen molar-refractivity contribution in [1.29, 1.82) is 0 Å². The van der Waals surface area contributed by atoms with Crippen LogP contribution in [-0.2, 0) is 21.4 Å². The molecule has 7 heteroatoms. The summed E-state index contributed by atoms with van der Waals surface area (Å²) in [5.74, 6) is 0.452. The molecule has 2 aromatic carbocycles. The number of anilines is 1. The second-order valence-electron chi connectivity index (χ2n) is 8.27. The van der Waals surface area contributed by atoms with Crippen molar-refractivity contribution in [3.63, 3.8) is 0 Å². The highest BCUT2D eigenvalue weighted by atomic mass is 32.2. The zero-order valence-corrected chi connectivity index (χ0v) is 19.4. The summed E-state index contributed by atoms with van der Waals surface area (Å²) < 4.78 is 32.5. The van der Waals surface area contributed by atoms with E-state index in [2.05, 4.69) is 0 Å². The molecule has 6 nitrogen and oxygen atoms in total. The third kappa shape index (κ3) is 5.80. The second kappa shape index (κ2) is 10.2. The minimum atomic E-state index is -3.54. The standard InChI is InChI=1S/C26H28N2O4S/c1-21-9-11-24(12-10-21)28(20-25-8-5-18-32-25)26(29)23-13-16-27(17-14-23)33(30,31)19-15-22-6-3-2-4-7-22/h2-12,15,18-19,23H,13-14,16-17,20H2,1H3/b19-15+. The predicted molar refractivity (Wildman–Crippen MR) is 130 cm³/mol. The fraction of sp³-hybridized carbons (Fsp3) is 0.269. The lowest BCUT2D eigenvalue weighted by Crippen LogP contribution is -2.43. The molecular weight excluding hydrogens is 436 g/mol. The molecule has 1 amide bonds. The minimum absolute atomic E-state index is 0.00729. The highest BCUT2D eigenvalue weighted by molar-refractivity contribution is 7.92. The molecule has 3 aromatic rings. The molecular formula is C26H28N2O4S. The summed E-state index contributed by atoms with van der Waals surface area (Å²) in [4.78, 5) is 15.2. The molecule has 2 heterocycles. The number of rotatable bonds is 7. The molecule has 0 spiro atoms. The van der Waals surface area contributed by atoms with Gasteiger partial charge in [-0.2, -0.15) is 4.31 Å². The highest BCUT2D eigenvalue weighted by Crippen LogP contribution is 2.27. The third-order valence-corrected chi connectivity index (χ3v) is 7.47. The van der Waals surface area contributed by atoms with Gasteiger partial charge in [0.05, 0.1) is 12.8 Å². The first-order valence-corrected chi connectivity index (χ1v) is 12.6. The second-order valence-corrected chi connectivity index (χ2v) is 10.1. The molecule has 1 saturated heterocycles. The fourth-order valence-corrected chi connectivity index (χ4v) is 5.19. The molecule has 0 bridgehead atoms. The van der Waals surface area contributed by atoms with Crippen molar-refractivity contribution in [1.82, 2.24) is 4.31 Å². The summed E-state index contributed by atoms with van der Waals surface area (Å²) in [6.45, 7) is 2.98. The molecule has 0 saturated carbocycles. The Morgan fingerprint density at radius 3 is 2.36 bits per heavy atom. The molecule has 0 atom stereocenters. The van der Waals surface area contributed by atoms with Crippen LogP contribution in [0, 0.1) is 12.8 Å². The van der Waals surface area contributed by atoms with Crippen LogP contribution in [-0.4, -0.2) is 31.7 Å². The summed E-state index contributed by atoms with van der Waals surface area (Å²) in [7, 11) is -3.54. The predicted octanol–water partition coefficient (Wildman–Crippen LogP) is 4.83. The number of hydrogen-bond acceptors (Lipinski definition) is 4. The average molecular weight is 465 g/mol. The number of benzene rings is 2. The quantitative estimate of drug-likeness (QED) is 0.502. The molecule has 1 aliphatic heterocycles. The Hall–Kier alpha value is -3.16. The molecule has 0 unspecified atom stereocenters. The van der Waals surface area contributed by atoms with Crippen molar-refractivity contribution in [2.75, 3.05) is 18.0 Å². The van der Waals surface area contributed by atoms with E-state index in [1.54, 1.807) is 23.3 Å². The van der Waals surface area contributed by atoms with E-state index in [-0.39, 0.29) is 11.8 Å². The van der Waals surface area contributed by atoms with Gasteiger partial charge < -0.3 is 9.32 Å². The van der Waals surface area contributed by atoms with Crippen LogP contribution in [0.15, 0.2) is 82.8 Å². The fourth-order valence-electron chi connectivity index (χ4n) is 3.97. The van der Waals surface area contributed by atoms with E-state index in [0.717, 1.165) is 16.8 Å². The molecule has 0 aliphatic carbocycles. The molecule has 33 heavy (non-hydrogen) atoms. The number of amides is 1. The largest absolute Gasteiger partial charge is 0.467 e. The van der Waals surface area contributed by atoms with Gasteiger partial charge >= 0.3 is 0 Å².